The minimum Gasteiger partial charge on any atom is -0.397 e. The van der Waals surface area contributed by atoms with Gasteiger partial charge in [-0.05, 0) is 12.5 Å². The van der Waals surface area contributed by atoms with Crippen molar-refractivity contribution in [3.63, 3.8) is 0 Å². The van der Waals surface area contributed by atoms with Crippen LogP contribution in [0.2, 0.25) is 0 Å². The predicted octanol–water partition coefficient (Wildman–Crippen LogP) is 1.31. The van der Waals surface area contributed by atoms with Crippen LogP contribution in [0.5, 0.6) is 0 Å². The third kappa shape index (κ3) is 3.40. The van der Waals surface area contributed by atoms with E-state index in [-0.39, 0.29) is 23.4 Å². The predicted molar refractivity (Wildman–Crippen MR) is 65.7 cm³/mol. The van der Waals surface area contributed by atoms with Gasteiger partial charge in [-0.3, -0.25) is 14.9 Å². The fraction of sp³-hybridized carbons (Fsp3) is 0.364. The summed E-state index contributed by atoms with van der Waals surface area (Å²) < 4.78 is 9.95. The van der Waals surface area contributed by atoms with Crippen molar-refractivity contribution >= 4 is 11.8 Å². The normalized spacial score (nSPS) is 10.4. The Hall–Kier alpha value is -2.71. The zero-order chi connectivity index (χ0) is 14.5. The van der Waals surface area contributed by atoms with Crippen LogP contribution in [0.25, 0.3) is 11.6 Å². The number of nitro groups is 1. The molecule has 106 valence electrons. The zero-order valence-corrected chi connectivity index (χ0v) is 10.7. The average molecular weight is 280 g/mol. The summed E-state index contributed by atoms with van der Waals surface area (Å²) in [6.07, 6.45) is 1.15. The number of hydrogen-bond donors (Lipinski definition) is 1. The summed E-state index contributed by atoms with van der Waals surface area (Å²) in [6, 6.07) is 2.63. The molecule has 9 heteroatoms. The highest BCUT2D eigenvalue weighted by molar-refractivity contribution is 5.72. The van der Waals surface area contributed by atoms with Crippen molar-refractivity contribution in [3.8, 4) is 11.6 Å². The van der Waals surface area contributed by atoms with Crippen molar-refractivity contribution in [1.29, 1.82) is 0 Å². The lowest BCUT2D eigenvalue weighted by Gasteiger charge is -1.97. The van der Waals surface area contributed by atoms with Gasteiger partial charge in [-0.15, -0.1) is 0 Å². The first-order valence-corrected chi connectivity index (χ1v) is 5.88. The van der Waals surface area contributed by atoms with Gasteiger partial charge in [-0.25, -0.2) is 0 Å². The van der Waals surface area contributed by atoms with Gasteiger partial charge >= 0.3 is 5.88 Å². The maximum Gasteiger partial charge on any atom is 0.433 e. The Labute approximate surface area is 113 Å². The monoisotopic (exact) mass is 280 g/mol. The van der Waals surface area contributed by atoms with E-state index in [0.29, 0.717) is 25.3 Å². The molecule has 0 spiro atoms. The van der Waals surface area contributed by atoms with Gasteiger partial charge < -0.3 is 14.3 Å². The lowest BCUT2D eigenvalue weighted by atomic mass is 10.3. The van der Waals surface area contributed by atoms with Crippen LogP contribution in [-0.2, 0) is 11.2 Å². The van der Waals surface area contributed by atoms with E-state index in [0.717, 1.165) is 0 Å². The Morgan fingerprint density at radius 3 is 2.95 bits per heavy atom. The van der Waals surface area contributed by atoms with Crippen molar-refractivity contribution in [1.82, 2.24) is 15.5 Å². The number of hydrogen-bond acceptors (Lipinski definition) is 7. The molecule has 0 aliphatic carbocycles. The minimum atomic E-state index is -0.641. The van der Waals surface area contributed by atoms with Crippen LogP contribution in [0.3, 0.4) is 0 Å². The molecule has 0 aromatic carbocycles. The fourth-order valence-electron chi connectivity index (χ4n) is 1.51. The molecule has 1 N–H and O–H groups in total. The highest BCUT2D eigenvalue weighted by Gasteiger charge is 2.17. The second-order valence-corrected chi connectivity index (χ2v) is 3.99. The highest BCUT2D eigenvalue weighted by Crippen LogP contribution is 2.23. The van der Waals surface area contributed by atoms with Gasteiger partial charge in [0.1, 0.15) is 4.92 Å². The van der Waals surface area contributed by atoms with Crippen LogP contribution in [0.1, 0.15) is 19.2 Å². The Balaban J connectivity index is 1.94. The molecule has 0 bridgehead atoms. The molecule has 20 heavy (non-hydrogen) atoms. The fourth-order valence-corrected chi connectivity index (χ4v) is 1.51. The van der Waals surface area contributed by atoms with E-state index in [4.69, 9.17) is 8.94 Å². The number of nitrogens with zero attached hydrogens (tertiary/aromatic N) is 3. The molecule has 2 rings (SSSR count). The molecular weight excluding hydrogens is 268 g/mol. The summed E-state index contributed by atoms with van der Waals surface area (Å²) >= 11 is 0. The maximum absolute atomic E-state index is 10.7. The first-order valence-electron chi connectivity index (χ1n) is 5.88. The summed E-state index contributed by atoms with van der Waals surface area (Å²) in [6.45, 7) is 1.95. The van der Waals surface area contributed by atoms with Crippen molar-refractivity contribution in [2.75, 3.05) is 6.54 Å². The summed E-state index contributed by atoms with van der Waals surface area (Å²) in [5, 5.41) is 16.8. The molecule has 0 unspecified atom stereocenters. The van der Waals surface area contributed by atoms with Gasteiger partial charge in [-0.1, -0.05) is 5.16 Å². The number of amides is 1. The first-order chi connectivity index (χ1) is 9.56. The van der Waals surface area contributed by atoms with Crippen LogP contribution < -0.4 is 5.32 Å². The van der Waals surface area contributed by atoms with Crippen LogP contribution in [0.4, 0.5) is 5.88 Å². The quantitative estimate of drug-likeness (QED) is 0.480. The Kier molecular flexibility index (Phi) is 4.08. The molecule has 2 heterocycles. The van der Waals surface area contributed by atoms with Crippen LogP contribution >= 0.6 is 0 Å². The lowest BCUT2D eigenvalue weighted by Crippen LogP contribution is -2.21. The minimum absolute atomic E-state index is 0.0980. The van der Waals surface area contributed by atoms with E-state index >= 15 is 0 Å². The molecular formula is C11H12N4O5. The van der Waals surface area contributed by atoms with E-state index in [1.165, 1.54) is 19.1 Å². The van der Waals surface area contributed by atoms with Crippen LogP contribution in [-0.4, -0.2) is 27.5 Å². The second-order valence-electron chi connectivity index (χ2n) is 3.99. The third-order valence-electron chi connectivity index (χ3n) is 2.40. The molecule has 2 aromatic heterocycles. The van der Waals surface area contributed by atoms with E-state index in [2.05, 4.69) is 15.5 Å². The molecule has 2 aromatic rings. The molecule has 0 saturated heterocycles. The first kappa shape index (κ1) is 13.7. The molecule has 1 amide bonds. The maximum atomic E-state index is 10.7. The van der Waals surface area contributed by atoms with E-state index in [1.54, 1.807) is 0 Å². The Morgan fingerprint density at radius 1 is 1.50 bits per heavy atom. The lowest BCUT2D eigenvalue weighted by molar-refractivity contribution is -0.401. The highest BCUT2D eigenvalue weighted by atomic mass is 16.6. The topological polar surface area (TPSA) is 124 Å². The van der Waals surface area contributed by atoms with Gasteiger partial charge in [0, 0.05) is 19.9 Å². The van der Waals surface area contributed by atoms with Gasteiger partial charge in [0.2, 0.25) is 17.6 Å². The van der Waals surface area contributed by atoms with Crippen LogP contribution in [0, 0.1) is 10.1 Å². The Bertz CT molecular complexity index is 618. The largest absolute Gasteiger partial charge is 0.433 e. The molecule has 0 aliphatic rings. The van der Waals surface area contributed by atoms with E-state index in [1.807, 2.05) is 0 Å². The summed E-state index contributed by atoms with van der Waals surface area (Å²) in [5.74, 6) is 0.238. The number of aromatic nitrogens is 2. The average Bonchev–Trinajstić information content (AvgIpc) is 3.03. The van der Waals surface area contributed by atoms with Crippen LogP contribution in [0.15, 0.2) is 21.1 Å². The van der Waals surface area contributed by atoms with Gasteiger partial charge in [0.25, 0.3) is 0 Å². The molecule has 0 radical (unpaired) electrons. The van der Waals surface area contributed by atoms with Crippen molar-refractivity contribution in [2.24, 2.45) is 0 Å². The Morgan fingerprint density at radius 2 is 2.30 bits per heavy atom. The summed E-state index contributed by atoms with van der Waals surface area (Å²) in [7, 11) is 0. The SMILES string of the molecule is CC(=O)NCCCc1nc(-c2ccc([N+](=O)[O-])o2)no1. The molecule has 0 fully saturated rings. The van der Waals surface area contributed by atoms with E-state index in [9.17, 15) is 14.9 Å². The number of rotatable bonds is 6. The van der Waals surface area contributed by atoms with Gasteiger partial charge in [-0.2, -0.15) is 4.98 Å². The summed E-state index contributed by atoms with van der Waals surface area (Å²) in [5.41, 5.74) is 0. The smallest absolute Gasteiger partial charge is 0.397 e. The standard InChI is InChI=1S/C11H12N4O5/c1-7(16)12-6-2-3-9-13-11(14-20-9)8-4-5-10(19-8)15(17)18/h4-5H,2-3,6H2,1H3,(H,12,16). The molecule has 0 saturated carbocycles. The number of nitrogens with one attached hydrogen (secondary N) is 1. The molecule has 9 nitrogen and oxygen atoms in total. The number of furan rings is 1. The second kappa shape index (κ2) is 5.95. The molecule has 0 aliphatic heterocycles. The van der Waals surface area contributed by atoms with E-state index < -0.39 is 4.92 Å². The van der Waals surface area contributed by atoms with Crippen molar-refractivity contribution in [2.45, 2.75) is 19.8 Å². The number of carbonyl (C=O) groups excluding carboxylic acids is 1. The summed E-state index contributed by atoms with van der Waals surface area (Å²) in [4.78, 5) is 24.6. The number of aryl methyl sites for hydroxylation is 1. The van der Waals surface area contributed by atoms with Gasteiger partial charge in [0.15, 0.2) is 5.76 Å². The van der Waals surface area contributed by atoms with Crippen molar-refractivity contribution in [3.05, 3.63) is 28.1 Å². The zero-order valence-electron chi connectivity index (χ0n) is 10.7. The third-order valence-corrected chi connectivity index (χ3v) is 2.40. The van der Waals surface area contributed by atoms with Crippen molar-refractivity contribution < 1.29 is 18.7 Å². The van der Waals surface area contributed by atoms with Gasteiger partial charge in [0.05, 0.1) is 6.07 Å². The number of carbonyl (C=O) groups is 1. The molecule has 0 atom stereocenters.